The molecule has 1 aliphatic heterocycles. The molecule has 0 fully saturated rings. The van der Waals surface area contributed by atoms with Crippen LogP contribution in [0, 0.1) is 6.92 Å². The first kappa shape index (κ1) is 20.5. The number of carbonyl (C=O) groups excluding carboxylic acids is 2. The zero-order valence-electron chi connectivity index (χ0n) is 17.6. The lowest BCUT2D eigenvalue weighted by Gasteiger charge is -2.25. The van der Waals surface area contributed by atoms with E-state index in [1.54, 1.807) is 0 Å². The van der Waals surface area contributed by atoms with E-state index in [0.717, 1.165) is 22.3 Å². The van der Waals surface area contributed by atoms with Crippen LogP contribution in [0.1, 0.15) is 35.3 Å². The molecule has 0 N–H and O–H groups in total. The van der Waals surface area contributed by atoms with Crippen molar-refractivity contribution in [1.82, 2.24) is 4.90 Å². The van der Waals surface area contributed by atoms with E-state index in [4.69, 9.17) is 4.74 Å². The molecule has 31 heavy (non-hydrogen) atoms. The van der Waals surface area contributed by atoms with Crippen molar-refractivity contribution in [2.24, 2.45) is 4.99 Å². The molecular weight excluding hydrogens is 388 g/mol. The fourth-order valence-electron chi connectivity index (χ4n) is 3.67. The molecule has 0 aliphatic carbocycles. The molecule has 1 aliphatic rings. The van der Waals surface area contributed by atoms with Gasteiger partial charge < -0.3 is 4.74 Å². The summed E-state index contributed by atoms with van der Waals surface area (Å²) in [7, 11) is 0. The predicted molar refractivity (Wildman–Crippen MR) is 119 cm³/mol. The highest BCUT2D eigenvalue weighted by atomic mass is 16.5. The third kappa shape index (κ3) is 4.40. The Morgan fingerprint density at radius 2 is 1.52 bits per heavy atom. The number of aliphatic imine (C=N–C) groups is 1. The number of nitrogens with zero attached hydrogens (tertiary/aromatic N) is 2. The van der Waals surface area contributed by atoms with Crippen LogP contribution in [0.4, 0.5) is 0 Å². The molecule has 4 rings (SSSR count). The SMILES string of the molecule is CC(=O)N(Cc1ccccc1C)C(=O)C1N=C(c2ccccc2)OC1c1ccccc1. The minimum atomic E-state index is -0.842. The summed E-state index contributed by atoms with van der Waals surface area (Å²) in [4.78, 5) is 32.0. The van der Waals surface area contributed by atoms with Crippen molar-refractivity contribution in [2.45, 2.75) is 32.5 Å². The minimum absolute atomic E-state index is 0.203. The number of carbonyl (C=O) groups is 2. The Morgan fingerprint density at radius 1 is 0.903 bits per heavy atom. The zero-order valence-corrected chi connectivity index (χ0v) is 17.6. The summed E-state index contributed by atoms with van der Waals surface area (Å²) in [6, 6.07) is 25.9. The summed E-state index contributed by atoms with van der Waals surface area (Å²) in [5, 5.41) is 0. The van der Waals surface area contributed by atoms with Gasteiger partial charge in [0.1, 0.15) is 0 Å². The van der Waals surface area contributed by atoms with Gasteiger partial charge in [-0.25, -0.2) is 4.99 Å². The average Bonchev–Trinajstić information content (AvgIpc) is 3.25. The van der Waals surface area contributed by atoms with Crippen molar-refractivity contribution in [3.05, 3.63) is 107 Å². The van der Waals surface area contributed by atoms with Crippen molar-refractivity contribution in [3.8, 4) is 0 Å². The van der Waals surface area contributed by atoms with E-state index in [0.29, 0.717) is 5.90 Å². The number of imide groups is 1. The Kier molecular flexibility index (Phi) is 5.94. The summed E-state index contributed by atoms with van der Waals surface area (Å²) in [5.41, 5.74) is 3.59. The number of amides is 2. The van der Waals surface area contributed by atoms with Gasteiger partial charge >= 0.3 is 0 Å². The van der Waals surface area contributed by atoms with E-state index >= 15 is 0 Å². The van der Waals surface area contributed by atoms with E-state index < -0.39 is 12.1 Å². The number of aryl methyl sites for hydroxylation is 1. The van der Waals surface area contributed by atoms with E-state index in [2.05, 4.69) is 4.99 Å². The summed E-state index contributed by atoms with van der Waals surface area (Å²) < 4.78 is 6.16. The Labute approximate surface area is 182 Å². The largest absolute Gasteiger partial charge is 0.466 e. The van der Waals surface area contributed by atoms with Crippen molar-refractivity contribution in [3.63, 3.8) is 0 Å². The zero-order chi connectivity index (χ0) is 21.8. The van der Waals surface area contributed by atoms with Crippen LogP contribution in [0.25, 0.3) is 0 Å². The van der Waals surface area contributed by atoms with Crippen molar-refractivity contribution in [1.29, 1.82) is 0 Å². The molecule has 156 valence electrons. The molecule has 0 saturated carbocycles. The maximum Gasteiger partial charge on any atom is 0.258 e. The van der Waals surface area contributed by atoms with Crippen LogP contribution in [-0.4, -0.2) is 28.7 Å². The Morgan fingerprint density at radius 3 is 2.16 bits per heavy atom. The molecule has 0 radical (unpaired) electrons. The van der Waals surface area contributed by atoms with Gasteiger partial charge in [0.2, 0.25) is 11.8 Å². The van der Waals surface area contributed by atoms with Gasteiger partial charge in [0.05, 0.1) is 6.54 Å². The van der Waals surface area contributed by atoms with Crippen LogP contribution in [0.5, 0.6) is 0 Å². The molecule has 2 amide bonds. The Bertz CT molecular complexity index is 1110. The number of hydrogen-bond donors (Lipinski definition) is 0. The Hall–Kier alpha value is -3.73. The highest BCUT2D eigenvalue weighted by molar-refractivity contribution is 6.02. The number of hydrogen-bond acceptors (Lipinski definition) is 4. The van der Waals surface area contributed by atoms with Gasteiger partial charge in [0.25, 0.3) is 5.91 Å². The van der Waals surface area contributed by atoms with Gasteiger partial charge in [0.15, 0.2) is 12.1 Å². The number of benzene rings is 3. The van der Waals surface area contributed by atoms with Gasteiger partial charge in [-0.1, -0.05) is 72.8 Å². The van der Waals surface area contributed by atoms with Crippen LogP contribution < -0.4 is 0 Å². The van der Waals surface area contributed by atoms with Gasteiger partial charge in [-0.2, -0.15) is 0 Å². The Balaban J connectivity index is 1.69. The summed E-state index contributed by atoms with van der Waals surface area (Å²) >= 11 is 0. The molecule has 5 heteroatoms. The van der Waals surface area contributed by atoms with E-state index in [1.807, 2.05) is 91.9 Å². The summed E-state index contributed by atoms with van der Waals surface area (Å²) in [6.07, 6.45) is -0.595. The standard InChI is InChI=1S/C26H24N2O3/c1-18-11-9-10-16-22(18)17-28(19(2)29)26(30)23-24(20-12-5-3-6-13-20)31-25(27-23)21-14-7-4-8-15-21/h3-16,23-24H,17H2,1-2H3. The van der Waals surface area contributed by atoms with E-state index in [1.165, 1.54) is 11.8 Å². The quantitative estimate of drug-likeness (QED) is 0.622. The monoisotopic (exact) mass is 412 g/mol. The van der Waals surface area contributed by atoms with Gasteiger partial charge in [-0.15, -0.1) is 0 Å². The molecule has 0 aromatic heterocycles. The summed E-state index contributed by atoms with van der Waals surface area (Å²) in [5.74, 6) is -0.272. The van der Waals surface area contributed by atoms with Gasteiger partial charge in [0, 0.05) is 12.5 Å². The lowest BCUT2D eigenvalue weighted by molar-refractivity contribution is -0.146. The van der Waals surface area contributed by atoms with E-state index in [-0.39, 0.29) is 18.4 Å². The molecule has 2 atom stereocenters. The normalized spacial score (nSPS) is 17.5. The topological polar surface area (TPSA) is 59.0 Å². The fraction of sp³-hybridized carbons (Fsp3) is 0.192. The maximum absolute atomic E-state index is 13.6. The van der Waals surface area contributed by atoms with Gasteiger partial charge in [-0.05, 0) is 35.7 Å². The first-order chi connectivity index (χ1) is 15.0. The average molecular weight is 412 g/mol. The lowest BCUT2D eigenvalue weighted by atomic mass is 10.0. The number of ether oxygens (including phenoxy) is 1. The number of rotatable bonds is 5. The molecule has 1 heterocycles. The smallest absolute Gasteiger partial charge is 0.258 e. The molecule has 2 unspecified atom stereocenters. The van der Waals surface area contributed by atoms with Crippen molar-refractivity contribution in [2.75, 3.05) is 0 Å². The van der Waals surface area contributed by atoms with Crippen LogP contribution >= 0.6 is 0 Å². The van der Waals surface area contributed by atoms with Gasteiger partial charge in [-0.3, -0.25) is 14.5 Å². The van der Waals surface area contributed by atoms with Crippen molar-refractivity contribution < 1.29 is 14.3 Å². The van der Waals surface area contributed by atoms with Crippen molar-refractivity contribution >= 4 is 17.7 Å². The maximum atomic E-state index is 13.6. The molecule has 0 saturated heterocycles. The first-order valence-electron chi connectivity index (χ1n) is 10.3. The molecule has 5 nitrogen and oxygen atoms in total. The highest BCUT2D eigenvalue weighted by Gasteiger charge is 2.41. The summed E-state index contributed by atoms with van der Waals surface area (Å²) in [6.45, 7) is 3.58. The molecule has 3 aromatic carbocycles. The van der Waals surface area contributed by atoms with Crippen LogP contribution in [0.2, 0.25) is 0 Å². The first-order valence-corrected chi connectivity index (χ1v) is 10.3. The van der Waals surface area contributed by atoms with Crippen LogP contribution in [0.15, 0.2) is 89.9 Å². The highest BCUT2D eigenvalue weighted by Crippen LogP contribution is 2.32. The molecule has 3 aromatic rings. The minimum Gasteiger partial charge on any atom is -0.466 e. The molecule has 0 bridgehead atoms. The lowest BCUT2D eigenvalue weighted by Crippen LogP contribution is -2.42. The van der Waals surface area contributed by atoms with Crippen LogP contribution in [-0.2, 0) is 20.9 Å². The fourth-order valence-corrected chi connectivity index (χ4v) is 3.67. The second-order valence-corrected chi connectivity index (χ2v) is 7.56. The molecule has 0 spiro atoms. The molecular formula is C26H24N2O3. The second kappa shape index (κ2) is 8.96. The third-order valence-corrected chi connectivity index (χ3v) is 5.42. The third-order valence-electron chi connectivity index (χ3n) is 5.42. The van der Waals surface area contributed by atoms with E-state index in [9.17, 15) is 9.59 Å². The van der Waals surface area contributed by atoms with Crippen LogP contribution in [0.3, 0.4) is 0 Å². The predicted octanol–water partition coefficient (Wildman–Crippen LogP) is 4.46. The second-order valence-electron chi connectivity index (χ2n) is 7.56.